The number of ether oxygens (including phenoxy) is 2. The molecule has 2 aromatic carbocycles. The van der Waals surface area contributed by atoms with Gasteiger partial charge in [-0.1, -0.05) is 18.2 Å². The van der Waals surface area contributed by atoms with Gasteiger partial charge in [0.05, 0.1) is 26.1 Å². The van der Waals surface area contributed by atoms with Crippen molar-refractivity contribution in [2.45, 2.75) is 6.04 Å². The molecule has 4 aromatic rings. The summed E-state index contributed by atoms with van der Waals surface area (Å²) in [5.74, 6) is 1.54. The van der Waals surface area contributed by atoms with Crippen LogP contribution in [0.4, 0.5) is 17.5 Å². The summed E-state index contributed by atoms with van der Waals surface area (Å²) < 4.78 is 10.8. The number of nitrogens with two attached hydrogens (primary N) is 1. The first-order valence-electron chi connectivity index (χ1n) is 11.4. The molecule has 1 unspecified atom stereocenters. The molecule has 11 heteroatoms. The summed E-state index contributed by atoms with van der Waals surface area (Å²) in [6, 6.07) is 14.3. The van der Waals surface area contributed by atoms with Crippen molar-refractivity contribution in [3.8, 4) is 22.8 Å². The van der Waals surface area contributed by atoms with Crippen LogP contribution in [0.1, 0.15) is 0 Å². The van der Waals surface area contributed by atoms with Crippen molar-refractivity contribution in [1.82, 2.24) is 25.3 Å². The number of piperazine rings is 1. The maximum Gasteiger partial charge on any atom is 0.248 e. The predicted molar refractivity (Wildman–Crippen MR) is 137 cm³/mol. The van der Waals surface area contributed by atoms with Crippen molar-refractivity contribution >= 4 is 34.5 Å². The van der Waals surface area contributed by atoms with Crippen LogP contribution in [0.25, 0.3) is 22.4 Å². The third-order valence-corrected chi connectivity index (χ3v) is 5.94. The SMILES string of the molecule is COc1ccc(-c2cnc3nc(N)nc(N4CCNCC4C(=O)Nc4ccccc4)c3n2)cc1OC. The van der Waals surface area contributed by atoms with Crippen molar-refractivity contribution in [3.05, 3.63) is 54.7 Å². The van der Waals surface area contributed by atoms with Crippen LogP contribution < -0.4 is 30.7 Å². The molecule has 1 atom stereocenters. The molecule has 5 rings (SSSR count). The number of hydrogen-bond acceptors (Lipinski definition) is 10. The molecular formula is C25H26N8O3. The zero-order valence-electron chi connectivity index (χ0n) is 19.9. The molecule has 3 heterocycles. The van der Waals surface area contributed by atoms with E-state index in [0.29, 0.717) is 53.8 Å². The van der Waals surface area contributed by atoms with Gasteiger partial charge in [0.15, 0.2) is 28.5 Å². The molecule has 2 aromatic heterocycles. The van der Waals surface area contributed by atoms with E-state index in [-0.39, 0.29) is 11.9 Å². The summed E-state index contributed by atoms with van der Waals surface area (Å²) in [5, 5.41) is 6.26. The zero-order valence-corrected chi connectivity index (χ0v) is 19.9. The van der Waals surface area contributed by atoms with E-state index in [1.807, 2.05) is 47.4 Å². The Morgan fingerprint density at radius 3 is 2.67 bits per heavy atom. The minimum atomic E-state index is -0.539. The molecular weight excluding hydrogens is 460 g/mol. The number of aromatic nitrogens is 4. The van der Waals surface area contributed by atoms with E-state index < -0.39 is 6.04 Å². The summed E-state index contributed by atoms with van der Waals surface area (Å²) in [6.45, 7) is 1.64. The molecule has 1 fully saturated rings. The first-order chi connectivity index (χ1) is 17.6. The fourth-order valence-corrected chi connectivity index (χ4v) is 4.18. The minimum absolute atomic E-state index is 0.0615. The molecule has 0 bridgehead atoms. The Labute approximate surface area is 207 Å². The van der Waals surface area contributed by atoms with E-state index in [9.17, 15) is 4.79 Å². The number of hydrogen-bond donors (Lipinski definition) is 3. The van der Waals surface area contributed by atoms with Crippen LogP contribution in [-0.4, -0.2) is 65.7 Å². The number of nitrogens with one attached hydrogen (secondary N) is 2. The molecule has 0 aliphatic carbocycles. The Bertz CT molecular complexity index is 1400. The molecule has 0 radical (unpaired) electrons. The van der Waals surface area contributed by atoms with Gasteiger partial charge in [-0.05, 0) is 30.3 Å². The fourth-order valence-electron chi connectivity index (χ4n) is 4.18. The second-order valence-electron chi connectivity index (χ2n) is 8.17. The smallest absolute Gasteiger partial charge is 0.248 e. The maximum absolute atomic E-state index is 13.3. The lowest BCUT2D eigenvalue weighted by atomic mass is 10.1. The van der Waals surface area contributed by atoms with Crippen LogP contribution in [0, 0.1) is 0 Å². The number of fused-ring (bicyclic) bond motifs is 1. The second-order valence-corrected chi connectivity index (χ2v) is 8.17. The Balaban J connectivity index is 1.55. The van der Waals surface area contributed by atoms with Gasteiger partial charge in [-0.3, -0.25) is 4.79 Å². The number of anilines is 3. The summed E-state index contributed by atoms with van der Waals surface area (Å²) in [5.41, 5.74) is 8.93. The highest BCUT2D eigenvalue weighted by Gasteiger charge is 2.32. The van der Waals surface area contributed by atoms with Gasteiger partial charge in [-0.2, -0.15) is 9.97 Å². The predicted octanol–water partition coefficient (Wildman–Crippen LogP) is 2.10. The molecule has 0 saturated carbocycles. The topological polar surface area (TPSA) is 140 Å². The molecule has 0 spiro atoms. The van der Waals surface area contributed by atoms with Gasteiger partial charge >= 0.3 is 0 Å². The van der Waals surface area contributed by atoms with Gasteiger partial charge in [0, 0.05) is 30.9 Å². The number of rotatable bonds is 6. The Morgan fingerprint density at radius 2 is 1.89 bits per heavy atom. The van der Waals surface area contributed by atoms with E-state index in [2.05, 4.69) is 25.6 Å². The van der Waals surface area contributed by atoms with Gasteiger partial charge in [0.2, 0.25) is 11.9 Å². The van der Waals surface area contributed by atoms with Gasteiger partial charge in [0.1, 0.15) is 6.04 Å². The van der Waals surface area contributed by atoms with E-state index in [1.54, 1.807) is 26.5 Å². The standard InChI is InChI=1S/C25H26N8O3/c1-35-19-9-8-15(12-20(19)36-2)17-13-28-22-21(30-17)23(32-25(26)31-22)33-11-10-27-14-18(33)24(34)29-16-6-4-3-5-7-16/h3-9,12-13,18,27H,10-11,14H2,1-2H3,(H,29,34)(H2,26,28,31,32). The van der Waals surface area contributed by atoms with E-state index >= 15 is 0 Å². The van der Waals surface area contributed by atoms with Crippen molar-refractivity contribution in [2.75, 3.05) is 49.8 Å². The van der Waals surface area contributed by atoms with E-state index in [4.69, 9.17) is 20.2 Å². The van der Waals surface area contributed by atoms with Crippen molar-refractivity contribution in [3.63, 3.8) is 0 Å². The molecule has 11 nitrogen and oxygen atoms in total. The lowest BCUT2D eigenvalue weighted by molar-refractivity contribution is -0.117. The number of carbonyl (C=O) groups is 1. The Hall–Kier alpha value is -4.51. The Morgan fingerprint density at radius 1 is 1.08 bits per heavy atom. The number of benzene rings is 2. The summed E-state index contributed by atoms with van der Waals surface area (Å²) in [6.07, 6.45) is 1.62. The third-order valence-electron chi connectivity index (χ3n) is 5.94. The number of nitrogens with zero attached hydrogens (tertiary/aromatic N) is 5. The lowest BCUT2D eigenvalue weighted by Gasteiger charge is -2.36. The van der Waals surface area contributed by atoms with Crippen molar-refractivity contribution < 1.29 is 14.3 Å². The highest BCUT2D eigenvalue weighted by atomic mass is 16.5. The zero-order chi connectivity index (χ0) is 25.1. The van der Waals surface area contributed by atoms with Crippen LogP contribution in [0.15, 0.2) is 54.7 Å². The summed E-state index contributed by atoms with van der Waals surface area (Å²) in [7, 11) is 3.16. The molecule has 1 aliphatic heterocycles. The number of amides is 1. The highest BCUT2D eigenvalue weighted by Crippen LogP contribution is 2.33. The third kappa shape index (κ3) is 4.56. The largest absolute Gasteiger partial charge is 0.493 e. The van der Waals surface area contributed by atoms with Crippen LogP contribution in [-0.2, 0) is 4.79 Å². The molecule has 1 aliphatic rings. The first kappa shape index (κ1) is 23.2. The average molecular weight is 487 g/mol. The van der Waals surface area contributed by atoms with Gasteiger partial charge in [-0.15, -0.1) is 0 Å². The summed E-state index contributed by atoms with van der Waals surface area (Å²) in [4.78, 5) is 33.3. The van der Waals surface area contributed by atoms with Gasteiger partial charge < -0.3 is 30.7 Å². The maximum atomic E-state index is 13.3. The van der Waals surface area contributed by atoms with E-state index in [0.717, 1.165) is 11.3 Å². The van der Waals surface area contributed by atoms with Gasteiger partial charge in [0.25, 0.3) is 0 Å². The number of para-hydroxylation sites is 1. The van der Waals surface area contributed by atoms with E-state index in [1.165, 1.54) is 0 Å². The Kier molecular flexibility index (Phi) is 6.46. The minimum Gasteiger partial charge on any atom is -0.493 e. The lowest BCUT2D eigenvalue weighted by Crippen LogP contribution is -2.57. The fraction of sp³-hybridized carbons (Fsp3) is 0.240. The normalized spacial score (nSPS) is 15.5. The highest BCUT2D eigenvalue weighted by molar-refractivity contribution is 5.98. The average Bonchev–Trinajstić information content (AvgIpc) is 2.92. The molecule has 36 heavy (non-hydrogen) atoms. The molecule has 184 valence electrons. The quantitative estimate of drug-likeness (QED) is 0.371. The second kappa shape index (κ2) is 10.0. The summed E-state index contributed by atoms with van der Waals surface area (Å²) >= 11 is 0. The van der Waals surface area contributed by atoms with Crippen molar-refractivity contribution in [2.24, 2.45) is 0 Å². The number of methoxy groups -OCH3 is 2. The number of nitrogen functional groups attached to an aromatic ring is 1. The first-order valence-corrected chi connectivity index (χ1v) is 11.4. The number of carbonyl (C=O) groups excluding carboxylic acids is 1. The monoisotopic (exact) mass is 486 g/mol. The molecule has 1 amide bonds. The molecule has 1 saturated heterocycles. The van der Waals surface area contributed by atoms with Gasteiger partial charge in [-0.25, -0.2) is 9.97 Å². The van der Waals surface area contributed by atoms with Crippen LogP contribution in [0.3, 0.4) is 0 Å². The molecule has 4 N–H and O–H groups in total. The van der Waals surface area contributed by atoms with Crippen LogP contribution in [0.5, 0.6) is 11.5 Å². The van der Waals surface area contributed by atoms with Crippen LogP contribution in [0.2, 0.25) is 0 Å². The van der Waals surface area contributed by atoms with Crippen molar-refractivity contribution in [1.29, 1.82) is 0 Å². The van der Waals surface area contributed by atoms with Crippen LogP contribution >= 0.6 is 0 Å².